The molecule has 1 spiro atoms. The monoisotopic (exact) mass is 247 g/mol. The van der Waals surface area contributed by atoms with Gasteiger partial charge in [0.25, 0.3) is 0 Å². The van der Waals surface area contributed by atoms with Gasteiger partial charge in [0, 0.05) is 24.1 Å². The first kappa shape index (κ1) is 11.5. The fraction of sp³-hybridized carbons (Fsp3) is 0.538. The van der Waals surface area contributed by atoms with Crippen molar-refractivity contribution >= 4 is 11.9 Å². The smallest absolute Gasteiger partial charge is 0.413 e. The van der Waals surface area contributed by atoms with Gasteiger partial charge in [0.1, 0.15) is 11.4 Å². The molecule has 0 aromatic carbocycles. The summed E-state index contributed by atoms with van der Waals surface area (Å²) in [5.41, 5.74) is 1.52. The average molecular weight is 247 g/mol. The van der Waals surface area contributed by atoms with Crippen molar-refractivity contribution in [2.75, 3.05) is 18.4 Å². The van der Waals surface area contributed by atoms with Gasteiger partial charge in [-0.3, -0.25) is 5.32 Å². The van der Waals surface area contributed by atoms with Crippen molar-refractivity contribution in [3.8, 4) is 0 Å². The van der Waals surface area contributed by atoms with Crippen molar-refractivity contribution in [1.29, 1.82) is 0 Å². The molecule has 2 N–H and O–H groups in total. The Bertz CT molecular complexity index is 481. The van der Waals surface area contributed by atoms with E-state index in [1.165, 1.54) is 0 Å². The number of aromatic nitrogens is 1. The van der Waals surface area contributed by atoms with Crippen LogP contribution in [0.15, 0.2) is 12.1 Å². The molecule has 2 aliphatic rings. The van der Waals surface area contributed by atoms with Crippen LogP contribution in [0.4, 0.5) is 10.6 Å². The Morgan fingerprint density at radius 3 is 2.89 bits per heavy atom. The highest BCUT2D eigenvalue weighted by Gasteiger charge is 2.43. The maximum absolute atomic E-state index is 11.7. The van der Waals surface area contributed by atoms with E-state index in [9.17, 15) is 4.79 Å². The van der Waals surface area contributed by atoms with E-state index in [2.05, 4.69) is 22.5 Å². The van der Waals surface area contributed by atoms with Gasteiger partial charge in [0.05, 0.1) is 0 Å². The summed E-state index contributed by atoms with van der Waals surface area (Å²) in [6.07, 6.45) is 2.09. The maximum Gasteiger partial charge on any atom is 0.413 e. The Balaban J connectivity index is 2.06. The number of carbonyl (C=O) groups is 1. The van der Waals surface area contributed by atoms with Crippen molar-refractivity contribution < 1.29 is 9.53 Å². The topological polar surface area (TPSA) is 63.2 Å². The molecule has 2 aliphatic heterocycles. The summed E-state index contributed by atoms with van der Waals surface area (Å²) in [7, 11) is 0. The fourth-order valence-electron chi connectivity index (χ4n) is 2.72. The number of carbonyl (C=O) groups excluding carboxylic acids is 1. The molecule has 0 saturated carbocycles. The van der Waals surface area contributed by atoms with Gasteiger partial charge in [-0.05, 0) is 31.6 Å². The van der Waals surface area contributed by atoms with E-state index in [-0.39, 0.29) is 6.09 Å². The van der Waals surface area contributed by atoms with E-state index in [0.717, 1.165) is 43.6 Å². The summed E-state index contributed by atoms with van der Waals surface area (Å²) in [6.45, 7) is 3.78. The molecule has 5 heteroatoms. The Labute approximate surface area is 106 Å². The van der Waals surface area contributed by atoms with Crippen molar-refractivity contribution in [2.45, 2.75) is 31.8 Å². The normalized spacial score (nSPS) is 21.1. The minimum absolute atomic E-state index is 0.384. The number of piperidine rings is 1. The minimum Gasteiger partial charge on any atom is -0.438 e. The van der Waals surface area contributed by atoms with Crippen LogP contribution in [0.1, 0.15) is 31.0 Å². The highest BCUT2D eigenvalue weighted by atomic mass is 16.6. The molecule has 0 bridgehead atoms. The van der Waals surface area contributed by atoms with Crippen LogP contribution >= 0.6 is 0 Å². The van der Waals surface area contributed by atoms with E-state index in [1.54, 1.807) is 0 Å². The molecular weight excluding hydrogens is 230 g/mol. The molecule has 3 heterocycles. The minimum atomic E-state index is -0.484. The molecule has 1 aromatic rings. The fourth-order valence-corrected chi connectivity index (χ4v) is 2.72. The number of pyridine rings is 1. The number of hydrogen-bond acceptors (Lipinski definition) is 4. The van der Waals surface area contributed by atoms with Gasteiger partial charge in [-0.15, -0.1) is 0 Å². The summed E-state index contributed by atoms with van der Waals surface area (Å²) in [4.78, 5) is 16.2. The summed E-state index contributed by atoms with van der Waals surface area (Å²) in [6, 6.07) is 4.06. The van der Waals surface area contributed by atoms with Gasteiger partial charge in [-0.25, -0.2) is 9.78 Å². The largest absolute Gasteiger partial charge is 0.438 e. The number of fused-ring (bicyclic) bond motifs is 2. The second-order valence-corrected chi connectivity index (χ2v) is 4.81. The highest BCUT2D eigenvalue weighted by molar-refractivity contribution is 5.87. The molecule has 5 nitrogen and oxygen atoms in total. The van der Waals surface area contributed by atoms with Crippen LogP contribution in [0, 0.1) is 0 Å². The zero-order valence-electron chi connectivity index (χ0n) is 10.5. The maximum atomic E-state index is 11.7. The average Bonchev–Trinajstić information content (AvgIpc) is 2.38. The number of amides is 1. The van der Waals surface area contributed by atoms with Crippen LogP contribution in [0.25, 0.3) is 0 Å². The van der Waals surface area contributed by atoms with Crippen LogP contribution in [0.2, 0.25) is 0 Å². The van der Waals surface area contributed by atoms with Crippen LogP contribution in [-0.4, -0.2) is 24.2 Å². The van der Waals surface area contributed by atoms with E-state index < -0.39 is 5.60 Å². The quantitative estimate of drug-likeness (QED) is 0.794. The summed E-state index contributed by atoms with van der Waals surface area (Å²) < 4.78 is 5.58. The van der Waals surface area contributed by atoms with Crippen molar-refractivity contribution in [1.82, 2.24) is 10.3 Å². The molecule has 1 aromatic heterocycles. The van der Waals surface area contributed by atoms with Gasteiger partial charge < -0.3 is 10.1 Å². The number of aryl methyl sites for hydroxylation is 1. The highest BCUT2D eigenvalue weighted by Crippen LogP contribution is 2.41. The first-order valence-electron chi connectivity index (χ1n) is 6.45. The molecule has 1 fully saturated rings. The van der Waals surface area contributed by atoms with E-state index in [0.29, 0.717) is 5.82 Å². The molecule has 3 rings (SSSR count). The van der Waals surface area contributed by atoms with Gasteiger partial charge in [-0.1, -0.05) is 6.92 Å². The lowest BCUT2D eigenvalue weighted by atomic mass is 9.84. The standard InChI is InChI=1S/C13H17N3O2/c1-2-9-3-4-10-11(15-9)16-12(17)18-13(10)5-7-14-8-6-13/h3-4,14H,2,5-8H2,1H3,(H,15,16,17). The third-order valence-electron chi connectivity index (χ3n) is 3.73. The van der Waals surface area contributed by atoms with Crippen LogP contribution in [-0.2, 0) is 16.8 Å². The molecule has 0 radical (unpaired) electrons. The number of hydrogen-bond donors (Lipinski definition) is 2. The Morgan fingerprint density at radius 2 is 2.17 bits per heavy atom. The van der Waals surface area contributed by atoms with Crippen molar-refractivity contribution in [2.24, 2.45) is 0 Å². The number of rotatable bonds is 1. The van der Waals surface area contributed by atoms with Crippen LogP contribution < -0.4 is 10.6 Å². The molecule has 1 amide bonds. The zero-order chi connectivity index (χ0) is 12.6. The second kappa shape index (κ2) is 4.24. The van der Waals surface area contributed by atoms with Crippen LogP contribution in [0.3, 0.4) is 0 Å². The Hall–Kier alpha value is -1.62. The third-order valence-corrected chi connectivity index (χ3v) is 3.73. The van der Waals surface area contributed by atoms with Gasteiger partial charge in [-0.2, -0.15) is 0 Å². The number of ether oxygens (including phenoxy) is 1. The number of nitrogens with zero attached hydrogens (tertiary/aromatic N) is 1. The Morgan fingerprint density at radius 1 is 1.39 bits per heavy atom. The summed E-state index contributed by atoms with van der Waals surface area (Å²) in [5.74, 6) is 0.674. The molecular formula is C13H17N3O2. The van der Waals surface area contributed by atoms with Gasteiger partial charge in [0.2, 0.25) is 0 Å². The third kappa shape index (κ3) is 1.75. The van der Waals surface area contributed by atoms with Crippen molar-refractivity contribution in [3.63, 3.8) is 0 Å². The number of nitrogens with one attached hydrogen (secondary N) is 2. The van der Waals surface area contributed by atoms with Crippen molar-refractivity contribution in [3.05, 3.63) is 23.4 Å². The van der Waals surface area contributed by atoms with Crippen LogP contribution in [0.5, 0.6) is 0 Å². The molecule has 0 aliphatic carbocycles. The predicted molar refractivity (Wildman–Crippen MR) is 67.5 cm³/mol. The molecule has 0 atom stereocenters. The van der Waals surface area contributed by atoms with Gasteiger partial charge >= 0.3 is 6.09 Å². The summed E-state index contributed by atoms with van der Waals surface area (Å²) >= 11 is 0. The lowest BCUT2D eigenvalue weighted by Crippen LogP contribution is -2.47. The number of anilines is 1. The lowest BCUT2D eigenvalue weighted by molar-refractivity contribution is -0.0130. The second-order valence-electron chi connectivity index (χ2n) is 4.81. The summed E-state index contributed by atoms with van der Waals surface area (Å²) in [5, 5.41) is 6.01. The van der Waals surface area contributed by atoms with E-state index in [4.69, 9.17) is 4.74 Å². The molecule has 18 heavy (non-hydrogen) atoms. The first-order valence-corrected chi connectivity index (χ1v) is 6.45. The van der Waals surface area contributed by atoms with E-state index in [1.807, 2.05) is 12.1 Å². The SMILES string of the molecule is CCc1ccc2c(n1)NC(=O)OC21CCNCC1. The molecule has 0 unspecified atom stereocenters. The first-order chi connectivity index (χ1) is 8.73. The molecule has 1 saturated heterocycles. The Kier molecular flexibility index (Phi) is 2.70. The van der Waals surface area contributed by atoms with E-state index >= 15 is 0 Å². The molecule has 96 valence electrons. The predicted octanol–water partition coefficient (Wildman–Crippen LogP) is 1.78. The van der Waals surface area contributed by atoms with Gasteiger partial charge in [0.15, 0.2) is 0 Å². The zero-order valence-corrected chi connectivity index (χ0v) is 10.5. The lowest BCUT2D eigenvalue weighted by Gasteiger charge is -2.40.